The minimum atomic E-state index is -0.551. The molecule has 1 amide bonds. The molecule has 0 radical (unpaired) electrons. The number of nitrogens with one attached hydrogen (secondary N) is 1. The van der Waals surface area contributed by atoms with Crippen LogP contribution in [0.15, 0.2) is 24.3 Å². The Hall–Kier alpha value is -1.55. The number of aliphatic hydroxyl groups excluding tert-OH is 1. The van der Waals surface area contributed by atoms with E-state index in [0.29, 0.717) is 25.2 Å². The standard InChI is InChI=1S/C13H19NO3/c1-10(15)11-6-3-4-7-12(11)17-9-5-8-13(16)14-2/h3-4,6-7,10,15H,5,8-9H2,1-2H3,(H,14,16)/t10-/m1/s1. The molecule has 0 spiro atoms. The van der Waals surface area contributed by atoms with E-state index in [-0.39, 0.29) is 5.91 Å². The number of para-hydroxylation sites is 1. The maximum atomic E-state index is 11.0. The number of aliphatic hydroxyl groups is 1. The van der Waals surface area contributed by atoms with Gasteiger partial charge < -0.3 is 15.2 Å². The summed E-state index contributed by atoms with van der Waals surface area (Å²) in [6, 6.07) is 7.38. The Labute approximate surface area is 102 Å². The van der Waals surface area contributed by atoms with Crippen molar-refractivity contribution in [3.8, 4) is 5.75 Å². The topological polar surface area (TPSA) is 58.6 Å². The zero-order valence-corrected chi connectivity index (χ0v) is 10.3. The van der Waals surface area contributed by atoms with Gasteiger partial charge in [-0.3, -0.25) is 4.79 Å². The first-order valence-electron chi connectivity index (χ1n) is 5.75. The van der Waals surface area contributed by atoms with Gasteiger partial charge in [0.15, 0.2) is 0 Å². The van der Waals surface area contributed by atoms with Crippen LogP contribution in [0.3, 0.4) is 0 Å². The molecule has 0 aliphatic carbocycles. The number of rotatable bonds is 6. The van der Waals surface area contributed by atoms with Crippen LogP contribution in [-0.4, -0.2) is 24.7 Å². The number of carbonyl (C=O) groups is 1. The second-order valence-corrected chi connectivity index (χ2v) is 3.84. The SMILES string of the molecule is CNC(=O)CCCOc1ccccc1[C@@H](C)O. The van der Waals surface area contributed by atoms with Gasteiger partial charge in [-0.15, -0.1) is 0 Å². The van der Waals surface area contributed by atoms with E-state index in [2.05, 4.69) is 5.32 Å². The Balaban J connectivity index is 2.44. The third-order valence-corrected chi connectivity index (χ3v) is 2.45. The summed E-state index contributed by atoms with van der Waals surface area (Å²) < 4.78 is 5.55. The number of carbonyl (C=O) groups excluding carboxylic acids is 1. The van der Waals surface area contributed by atoms with Gasteiger partial charge >= 0.3 is 0 Å². The van der Waals surface area contributed by atoms with Gasteiger partial charge in [-0.05, 0) is 19.4 Å². The second-order valence-electron chi connectivity index (χ2n) is 3.84. The van der Waals surface area contributed by atoms with Crippen LogP contribution in [0.1, 0.15) is 31.4 Å². The van der Waals surface area contributed by atoms with Crippen LogP contribution in [0.25, 0.3) is 0 Å². The highest BCUT2D eigenvalue weighted by Gasteiger charge is 2.07. The molecule has 1 aromatic rings. The summed E-state index contributed by atoms with van der Waals surface area (Å²) in [4.78, 5) is 11.0. The van der Waals surface area contributed by atoms with E-state index >= 15 is 0 Å². The third-order valence-electron chi connectivity index (χ3n) is 2.45. The third kappa shape index (κ3) is 4.44. The lowest BCUT2D eigenvalue weighted by atomic mass is 10.1. The lowest BCUT2D eigenvalue weighted by Crippen LogP contribution is -2.18. The van der Waals surface area contributed by atoms with Crippen LogP contribution in [0.5, 0.6) is 5.75 Å². The highest BCUT2D eigenvalue weighted by Crippen LogP contribution is 2.24. The molecule has 94 valence electrons. The summed E-state index contributed by atoms with van der Waals surface area (Å²) >= 11 is 0. The molecular formula is C13H19NO3. The molecule has 1 aromatic carbocycles. The molecule has 0 saturated carbocycles. The fraction of sp³-hybridized carbons (Fsp3) is 0.462. The average molecular weight is 237 g/mol. The van der Waals surface area contributed by atoms with Crippen LogP contribution in [-0.2, 0) is 4.79 Å². The number of hydrogen-bond donors (Lipinski definition) is 2. The Morgan fingerprint density at radius 2 is 2.18 bits per heavy atom. The van der Waals surface area contributed by atoms with E-state index in [9.17, 15) is 9.90 Å². The molecule has 0 fully saturated rings. The van der Waals surface area contributed by atoms with Crippen molar-refractivity contribution in [1.29, 1.82) is 0 Å². The smallest absolute Gasteiger partial charge is 0.219 e. The first kappa shape index (κ1) is 13.5. The van der Waals surface area contributed by atoms with Crippen LogP contribution in [0.2, 0.25) is 0 Å². The maximum Gasteiger partial charge on any atom is 0.219 e. The van der Waals surface area contributed by atoms with E-state index in [1.807, 2.05) is 24.3 Å². The van der Waals surface area contributed by atoms with Crippen molar-refractivity contribution in [3.63, 3.8) is 0 Å². The van der Waals surface area contributed by atoms with E-state index in [4.69, 9.17) is 4.74 Å². The summed E-state index contributed by atoms with van der Waals surface area (Å²) in [6.07, 6.45) is 0.561. The quantitative estimate of drug-likeness (QED) is 0.739. The van der Waals surface area contributed by atoms with Crippen LogP contribution in [0.4, 0.5) is 0 Å². The van der Waals surface area contributed by atoms with Crippen LogP contribution >= 0.6 is 0 Å². The van der Waals surface area contributed by atoms with Crippen molar-refractivity contribution in [3.05, 3.63) is 29.8 Å². The van der Waals surface area contributed by atoms with Crippen molar-refractivity contribution in [2.24, 2.45) is 0 Å². The monoisotopic (exact) mass is 237 g/mol. The predicted octanol–water partition coefficient (Wildman–Crippen LogP) is 1.64. The molecule has 2 N–H and O–H groups in total. The molecule has 0 saturated heterocycles. The molecule has 0 unspecified atom stereocenters. The molecule has 0 heterocycles. The maximum absolute atomic E-state index is 11.0. The first-order valence-corrected chi connectivity index (χ1v) is 5.75. The molecular weight excluding hydrogens is 218 g/mol. The van der Waals surface area contributed by atoms with Crippen molar-refractivity contribution >= 4 is 5.91 Å². The van der Waals surface area contributed by atoms with E-state index in [1.54, 1.807) is 14.0 Å². The normalized spacial score (nSPS) is 11.9. The average Bonchev–Trinajstić information content (AvgIpc) is 2.34. The summed E-state index contributed by atoms with van der Waals surface area (Å²) in [5.74, 6) is 0.691. The van der Waals surface area contributed by atoms with Crippen LogP contribution < -0.4 is 10.1 Å². The molecule has 0 aromatic heterocycles. The van der Waals surface area contributed by atoms with Crippen molar-refractivity contribution in [2.75, 3.05) is 13.7 Å². The summed E-state index contributed by atoms with van der Waals surface area (Å²) in [5.41, 5.74) is 0.771. The molecule has 17 heavy (non-hydrogen) atoms. The van der Waals surface area contributed by atoms with Gasteiger partial charge in [-0.25, -0.2) is 0 Å². The zero-order chi connectivity index (χ0) is 12.7. The van der Waals surface area contributed by atoms with Gasteiger partial charge in [-0.2, -0.15) is 0 Å². The predicted molar refractivity (Wildman–Crippen MR) is 65.9 cm³/mol. The molecule has 4 heteroatoms. The van der Waals surface area contributed by atoms with Crippen LogP contribution in [0, 0.1) is 0 Å². The van der Waals surface area contributed by atoms with E-state index in [1.165, 1.54) is 0 Å². The Kier molecular flexibility index (Phi) is 5.49. The largest absolute Gasteiger partial charge is 0.493 e. The van der Waals surface area contributed by atoms with E-state index in [0.717, 1.165) is 5.56 Å². The summed E-state index contributed by atoms with van der Waals surface area (Å²) in [5, 5.41) is 12.1. The molecule has 0 bridgehead atoms. The van der Waals surface area contributed by atoms with Crippen molar-refractivity contribution < 1.29 is 14.6 Å². The minimum absolute atomic E-state index is 0.0115. The Morgan fingerprint density at radius 3 is 2.82 bits per heavy atom. The molecule has 0 aliphatic heterocycles. The van der Waals surface area contributed by atoms with Gasteiger partial charge in [0.05, 0.1) is 12.7 Å². The lowest BCUT2D eigenvalue weighted by Gasteiger charge is -2.12. The van der Waals surface area contributed by atoms with Crippen molar-refractivity contribution in [1.82, 2.24) is 5.32 Å². The Bertz CT molecular complexity index is 363. The summed E-state index contributed by atoms with van der Waals surface area (Å²) in [6.45, 7) is 2.17. The number of amides is 1. The van der Waals surface area contributed by atoms with Gasteiger partial charge in [0, 0.05) is 19.0 Å². The Morgan fingerprint density at radius 1 is 1.47 bits per heavy atom. The second kappa shape index (κ2) is 6.91. The molecule has 0 aliphatic rings. The zero-order valence-electron chi connectivity index (χ0n) is 10.3. The molecule has 4 nitrogen and oxygen atoms in total. The number of benzene rings is 1. The highest BCUT2D eigenvalue weighted by molar-refractivity contribution is 5.75. The number of hydrogen-bond acceptors (Lipinski definition) is 3. The lowest BCUT2D eigenvalue weighted by molar-refractivity contribution is -0.120. The first-order chi connectivity index (χ1) is 8.15. The fourth-order valence-electron chi connectivity index (χ4n) is 1.50. The van der Waals surface area contributed by atoms with Gasteiger partial charge in [0.1, 0.15) is 5.75 Å². The molecule has 1 rings (SSSR count). The van der Waals surface area contributed by atoms with Crippen molar-refractivity contribution in [2.45, 2.75) is 25.9 Å². The molecule has 1 atom stereocenters. The highest BCUT2D eigenvalue weighted by atomic mass is 16.5. The minimum Gasteiger partial charge on any atom is -0.493 e. The van der Waals surface area contributed by atoms with Gasteiger partial charge in [0.25, 0.3) is 0 Å². The van der Waals surface area contributed by atoms with Gasteiger partial charge in [-0.1, -0.05) is 18.2 Å². The van der Waals surface area contributed by atoms with E-state index < -0.39 is 6.10 Å². The van der Waals surface area contributed by atoms with Gasteiger partial charge in [0.2, 0.25) is 5.91 Å². The summed E-state index contributed by atoms with van der Waals surface area (Å²) in [7, 11) is 1.62. The number of ether oxygens (including phenoxy) is 1. The fourth-order valence-corrected chi connectivity index (χ4v) is 1.50.